The van der Waals surface area contributed by atoms with Gasteiger partial charge in [0, 0.05) is 0 Å². The summed E-state index contributed by atoms with van der Waals surface area (Å²) in [5.74, 6) is -0.492. The molecule has 2 aromatic carbocycles. The SMILES string of the molecule is CNC(=O)Cn1cc([Se]c2ccc(Br)cc2C(N)=O)c2ccccc21. The molecule has 0 aliphatic rings. The molecule has 0 radical (unpaired) electrons. The Labute approximate surface area is 159 Å². The monoisotopic (exact) mass is 465 g/mol. The van der Waals surface area contributed by atoms with Gasteiger partial charge in [-0.05, 0) is 0 Å². The van der Waals surface area contributed by atoms with E-state index in [2.05, 4.69) is 21.2 Å². The zero-order chi connectivity index (χ0) is 18.0. The van der Waals surface area contributed by atoms with Gasteiger partial charge in [0.05, 0.1) is 0 Å². The van der Waals surface area contributed by atoms with Crippen molar-refractivity contribution in [3.05, 3.63) is 58.7 Å². The molecule has 0 unspecified atom stereocenters. The van der Waals surface area contributed by atoms with E-state index in [1.54, 1.807) is 13.1 Å². The van der Waals surface area contributed by atoms with Crippen molar-refractivity contribution < 1.29 is 9.59 Å². The Hall–Kier alpha value is -2.08. The Morgan fingerprint density at radius 1 is 1.20 bits per heavy atom. The number of likely N-dealkylation sites (N-methyl/N-ethyl adjacent to an activating group) is 1. The number of carbonyl (C=O) groups excluding carboxylic acids is 2. The van der Waals surface area contributed by atoms with Crippen LogP contribution in [0.5, 0.6) is 0 Å². The Morgan fingerprint density at radius 2 is 1.96 bits per heavy atom. The Kier molecular flexibility index (Phi) is 5.27. The van der Waals surface area contributed by atoms with Crippen molar-refractivity contribution in [3.8, 4) is 0 Å². The fraction of sp³-hybridized carbons (Fsp3) is 0.111. The number of amides is 2. The molecule has 3 aromatic rings. The van der Waals surface area contributed by atoms with Crippen LogP contribution in [0.15, 0.2) is 53.1 Å². The van der Waals surface area contributed by atoms with Crippen LogP contribution in [0.25, 0.3) is 10.9 Å². The molecule has 2 amide bonds. The standard InChI is InChI=1S/C18H16BrN3O2Se/c1-21-17(23)10-22-9-16(12-4-2-3-5-14(12)22)25-15-7-6-11(19)8-13(15)18(20)24/h2-9H,10H2,1H3,(H2,20,24)(H,21,23). The molecule has 0 spiro atoms. The van der Waals surface area contributed by atoms with Crippen LogP contribution in [-0.2, 0) is 11.3 Å². The average molecular weight is 465 g/mol. The average Bonchev–Trinajstić information content (AvgIpc) is 2.94. The fourth-order valence-electron chi connectivity index (χ4n) is 2.56. The third kappa shape index (κ3) is 3.79. The van der Waals surface area contributed by atoms with Gasteiger partial charge in [0.2, 0.25) is 0 Å². The molecule has 5 nitrogen and oxygen atoms in total. The molecule has 128 valence electrons. The number of nitrogens with one attached hydrogen (secondary N) is 1. The molecule has 3 N–H and O–H groups in total. The van der Waals surface area contributed by atoms with Crippen LogP contribution in [0.1, 0.15) is 10.4 Å². The number of nitrogens with zero attached hydrogens (tertiary/aromatic N) is 1. The van der Waals surface area contributed by atoms with Crippen LogP contribution in [0.3, 0.4) is 0 Å². The second-order valence-electron chi connectivity index (χ2n) is 5.42. The van der Waals surface area contributed by atoms with Crippen molar-refractivity contribution in [2.75, 3.05) is 7.05 Å². The summed E-state index contributed by atoms with van der Waals surface area (Å²) in [5, 5.41) is 3.73. The predicted octanol–water partition coefficient (Wildman–Crippen LogP) is 0.904. The summed E-state index contributed by atoms with van der Waals surface area (Å²) >= 11 is 3.27. The van der Waals surface area contributed by atoms with E-state index in [1.807, 2.05) is 47.2 Å². The zero-order valence-electron chi connectivity index (χ0n) is 13.5. The third-order valence-electron chi connectivity index (χ3n) is 3.77. The molecule has 25 heavy (non-hydrogen) atoms. The van der Waals surface area contributed by atoms with Crippen LogP contribution >= 0.6 is 15.9 Å². The first-order valence-corrected chi connectivity index (χ1v) is 10.1. The number of para-hydroxylation sites is 1. The van der Waals surface area contributed by atoms with Gasteiger partial charge in [-0.3, -0.25) is 0 Å². The predicted molar refractivity (Wildman–Crippen MR) is 104 cm³/mol. The molecule has 0 aliphatic carbocycles. The number of nitrogens with two attached hydrogens (primary N) is 1. The fourth-order valence-corrected chi connectivity index (χ4v) is 5.24. The zero-order valence-corrected chi connectivity index (χ0v) is 16.8. The van der Waals surface area contributed by atoms with Crippen molar-refractivity contribution in [1.82, 2.24) is 9.88 Å². The van der Waals surface area contributed by atoms with Gasteiger partial charge in [0.1, 0.15) is 0 Å². The van der Waals surface area contributed by atoms with E-state index in [-0.39, 0.29) is 27.4 Å². The van der Waals surface area contributed by atoms with Gasteiger partial charge in [-0.15, -0.1) is 0 Å². The van der Waals surface area contributed by atoms with Crippen molar-refractivity contribution in [3.63, 3.8) is 0 Å². The van der Waals surface area contributed by atoms with E-state index in [0.717, 1.165) is 24.3 Å². The molecule has 0 saturated heterocycles. The minimum atomic E-state index is -0.438. The molecule has 0 saturated carbocycles. The van der Waals surface area contributed by atoms with Crippen LogP contribution in [-0.4, -0.2) is 38.4 Å². The number of hydrogen-bond acceptors (Lipinski definition) is 2. The van der Waals surface area contributed by atoms with E-state index >= 15 is 0 Å². The first kappa shape index (κ1) is 17.7. The van der Waals surface area contributed by atoms with E-state index in [0.29, 0.717) is 5.56 Å². The summed E-state index contributed by atoms with van der Waals surface area (Å²) in [7, 11) is 1.62. The molecular weight excluding hydrogens is 449 g/mol. The van der Waals surface area contributed by atoms with Crippen molar-refractivity contribution in [2.45, 2.75) is 6.54 Å². The van der Waals surface area contributed by atoms with Crippen molar-refractivity contribution >= 4 is 62.5 Å². The first-order chi connectivity index (χ1) is 12.0. The quantitative estimate of drug-likeness (QED) is 0.550. The van der Waals surface area contributed by atoms with Crippen LogP contribution in [0, 0.1) is 0 Å². The van der Waals surface area contributed by atoms with Gasteiger partial charge in [-0.1, -0.05) is 0 Å². The van der Waals surface area contributed by atoms with Crippen LogP contribution in [0.2, 0.25) is 0 Å². The summed E-state index contributed by atoms with van der Waals surface area (Å²) in [6.07, 6.45) is 1.99. The second-order valence-corrected chi connectivity index (χ2v) is 8.61. The van der Waals surface area contributed by atoms with Gasteiger partial charge in [0.25, 0.3) is 0 Å². The third-order valence-corrected chi connectivity index (χ3v) is 6.62. The number of halogens is 1. The van der Waals surface area contributed by atoms with Gasteiger partial charge >= 0.3 is 160 Å². The number of rotatable bonds is 5. The van der Waals surface area contributed by atoms with Gasteiger partial charge in [-0.2, -0.15) is 0 Å². The molecule has 0 bridgehead atoms. The number of hydrogen-bond donors (Lipinski definition) is 2. The molecule has 1 aromatic heterocycles. The van der Waals surface area contributed by atoms with E-state index in [9.17, 15) is 9.59 Å². The minimum absolute atomic E-state index is 0.0544. The molecule has 0 aliphatic heterocycles. The van der Waals surface area contributed by atoms with Gasteiger partial charge in [0.15, 0.2) is 0 Å². The molecule has 3 rings (SSSR count). The number of carbonyl (C=O) groups is 2. The van der Waals surface area contributed by atoms with Gasteiger partial charge in [-0.25, -0.2) is 0 Å². The molecular formula is C18H16BrN3O2Se. The maximum atomic E-state index is 11.8. The van der Waals surface area contributed by atoms with E-state index in [1.165, 1.54) is 0 Å². The Balaban J connectivity index is 2.05. The summed E-state index contributed by atoms with van der Waals surface area (Å²) in [6, 6.07) is 13.5. The molecule has 1 heterocycles. The first-order valence-electron chi connectivity index (χ1n) is 7.55. The van der Waals surface area contributed by atoms with Crippen molar-refractivity contribution in [2.24, 2.45) is 5.73 Å². The van der Waals surface area contributed by atoms with Crippen molar-refractivity contribution in [1.29, 1.82) is 0 Å². The van der Waals surface area contributed by atoms with Crippen LogP contribution < -0.4 is 20.0 Å². The molecule has 7 heteroatoms. The number of primary amides is 1. The van der Waals surface area contributed by atoms with Gasteiger partial charge < -0.3 is 0 Å². The second kappa shape index (κ2) is 7.43. The Bertz CT molecular complexity index is 968. The summed E-state index contributed by atoms with van der Waals surface area (Å²) in [5.41, 5.74) is 7.06. The van der Waals surface area contributed by atoms with Crippen LogP contribution in [0.4, 0.5) is 0 Å². The topological polar surface area (TPSA) is 77.1 Å². The molecule has 0 atom stereocenters. The maximum absolute atomic E-state index is 11.8. The number of fused-ring (bicyclic) bond motifs is 1. The summed E-state index contributed by atoms with van der Waals surface area (Å²) in [4.78, 5) is 23.6. The summed E-state index contributed by atoms with van der Waals surface area (Å²) < 4.78 is 4.79. The summed E-state index contributed by atoms with van der Waals surface area (Å²) in [6.45, 7) is 0.260. The van der Waals surface area contributed by atoms with E-state index in [4.69, 9.17) is 5.73 Å². The van der Waals surface area contributed by atoms with E-state index < -0.39 is 5.91 Å². The number of aromatic nitrogens is 1. The number of benzene rings is 2. The Morgan fingerprint density at radius 3 is 2.68 bits per heavy atom. The normalized spacial score (nSPS) is 10.8. The molecule has 0 fully saturated rings.